The molecule has 3 aliphatic carbocycles. The highest BCUT2D eigenvalue weighted by atomic mass is 15.1. The number of nitrogens with zero attached hydrogens (tertiary/aromatic N) is 1. The molecule has 0 fully saturated rings. The Morgan fingerprint density at radius 2 is 0.750 bits per heavy atom. The van der Waals surface area contributed by atoms with Crippen molar-refractivity contribution in [2.24, 2.45) is 0 Å². The summed E-state index contributed by atoms with van der Waals surface area (Å²) in [5.74, 6) is 0. The van der Waals surface area contributed by atoms with Crippen molar-refractivity contribution in [3.8, 4) is 44.5 Å². The second kappa shape index (κ2) is 12.9. The lowest BCUT2D eigenvalue weighted by Gasteiger charge is -2.36. The molecule has 1 spiro atoms. The number of benzene rings is 9. The smallest absolute Gasteiger partial charge is 0.0726 e. The zero-order valence-corrected chi connectivity index (χ0v) is 34.1. The predicted octanol–water partition coefficient (Wildman–Crippen LogP) is 15.1. The Morgan fingerprint density at radius 3 is 1.30 bits per heavy atom. The van der Waals surface area contributed by atoms with Gasteiger partial charge in [-0.1, -0.05) is 181 Å². The van der Waals surface area contributed by atoms with Crippen LogP contribution < -0.4 is 4.90 Å². The van der Waals surface area contributed by atoms with Crippen molar-refractivity contribution in [2.45, 2.75) is 31.6 Å². The van der Waals surface area contributed by atoms with E-state index in [1.807, 2.05) is 0 Å². The maximum Gasteiger partial charge on any atom is 0.0726 e. The Hall–Kier alpha value is -7.22. The highest BCUT2D eigenvalue weighted by Crippen LogP contribution is 2.62. The summed E-state index contributed by atoms with van der Waals surface area (Å²) in [6.45, 7) is 6.86. The van der Waals surface area contributed by atoms with Crippen LogP contribution in [-0.2, 0) is 10.8 Å². The van der Waals surface area contributed by atoms with Gasteiger partial charge in [0.25, 0.3) is 0 Å². The van der Waals surface area contributed by atoms with Gasteiger partial charge in [0.05, 0.1) is 5.41 Å². The van der Waals surface area contributed by atoms with Gasteiger partial charge in [0.15, 0.2) is 0 Å². The normalized spacial score (nSPS) is 15.8. The molecule has 60 heavy (non-hydrogen) atoms. The molecule has 1 nitrogen and oxygen atoms in total. The third-order valence-electron chi connectivity index (χ3n) is 14.0. The van der Waals surface area contributed by atoms with Crippen LogP contribution in [0.3, 0.4) is 0 Å². The molecule has 9 aromatic carbocycles. The van der Waals surface area contributed by atoms with Crippen LogP contribution >= 0.6 is 0 Å². The minimum atomic E-state index is -0.562. The number of rotatable bonds is 4. The number of hydrogen-bond donors (Lipinski definition) is 0. The van der Waals surface area contributed by atoms with Crippen LogP contribution in [0.25, 0.3) is 44.5 Å². The van der Waals surface area contributed by atoms with Crippen LogP contribution in [0.1, 0.15) is 57.0 Å². The molecule has 0 heterocycles. The Balaban J connectivity index is 1.15. The van der Waals surface area contributed by atoms with Gasteiger partial charge in [0.1, 0.15) is 0 Å². The van der Waals surface area contributed by atoms with Crippen molar-refractivity contribution in [3.05, 3.63) is 256 Å². The van der Waals surface area contributed by atoms with Gasteiger partial charge in [0.2, 0.25) is 0 Å². The van der Waals surface area contributed by atoms with E-state index >= 15 is 0 Å². The second-order valence-electron chi connectivity index (χ2n) is 17.1. The van der Waals surface area contributed by atoms with E-state index in [9.17, 15) is 0 Å². The lowest BCUT2D eigenvalue weighted by Crippen LogP contribution is -2.29. The molecule has 0 amide bonds. The second-order valence-corrected chi connectivity index (χ2v) is 17.1. The molecular weight excluding hydrogens is 723 g/mol. The molecule has 1 unspecified atom stereocenters. The van der Waals surface area contributed by atoms with Gasteiger partial charge in [0, 0.05) is 22.5 Å². The summed E-state index contributed by atoms with van der Waals surface area (Å²) in [5, 5.41) is 0. The van der Waals surface area contributed by atoms with Crippen LogP contribution in [-0.4, -0.2) is 0 Å². The molecule has 0 N–H and O–H groups in total. The first-order valence-electron chi connectivity index (χ1n) is 21.2. The zero-order valence-electron chi connectivity index (χ0n) is 34.1. The van der Waals surface area contributed by atoms with Gasteiger partial charge in [-0.2, -0.15) is 0 Å². The minimum Gasteiger partial charge on any atom is -0.310 e. The number of hydrogen-bond acceptors (Lipinski definition) is 1. The lowest BCUT2D eigenvalue weighted by atomic mass is 9.66. The number of anilines is 3. The summed E-state index contributed by atoms with van der Waals surface area (Å²) in [6, 6.07) is 77.8. The topological polar surface area (TPSA) is 3.24 Å². The average molecular weight is 766 g/mol. The van der Waals surface area contributed by atoms with Crippen molar-refractivity contribution in [3.63, 3.8) is 0 Å². The first-order chi connectivity index (χ1) is 29.5. The molecule has 12 rings (SSSR count). The maximum atomic E-state index is 2.52. The standard InChI is InChI=1S/C59H43N/c1-38-29-34-57(39(2)35-38)60(41-30-32-49-47-23-9-13-25-51(47)58(3,55(49)36-41)40-17-5-4-6-18-40)42-31-33-50-48-24-12-16-28-54(48)59(56(50)37-42)52-26-14-10-21-45(52)43-19-7-8-20-44(43)46-22-11-15-27-53(46)59/h4-37H,1-3H3. The van der Waals surface area contributed by atoms with E-state index < -0.39 is 5.41 Å². The van der Waals surface area contributed by atoms with Crippen LogP contribution in [0.5, 0.6) is 0 Å². The van der Waals surface area contributed by atoms with E-state index in [1.54, 1.807) is 0 Å². The fourth-order valence-corrected chi connectivity index (χ4v) is 11.4. The van der Waals surface area contributed by atoms with Crippen molar-refractivity contribution < 1.29 is 0 Å². The van der Waals surface area contributed by atoms with Gasteiger partial charge in [-0.3, -0.25) is 0 Å². The summed E-state index contributed by atoms with van der Waals surface area (Å²) in [6.07, 6.45) is 0. The Bertz CT molecular complexity index is 3140. The molecule has 9 aromatic rings. The first kappa shape index (κ1) is 34.8. The molecule has 0 saturated heterocycles. The molecule has 0 bridgehead atoms. The monoisotopic (exact) mass is 765 g/mol. The molecule has 1 atom stereocenters. The van der Waals surface area contributed by atoms with E-state index in [0.717, 1.165) is 11.4 Å². The van der Waals surface area contributed by atoms with Gasteiger partial charge in [-0.15, -0.1) is 0 Å². The van der Waals surface area contributed by atoms with E-state index in [1.165, 1.54) is 100 Å². The molecule has 1 heteroatoms. The van der Waals surface area contributed by atoms with E-state index in [2.05, 4.69) is 232 Å². The van der Waals surface area contributed by atoms with Gasteiger partial charge in [-0.05, 0) is 140 Å². The van der Waals surface area contributed by atoms with Crippen LogP contribution in [0.2, 0.25) is 0 Å². The van der Waals surface area contributed by atoms with Crippen LogP contribution in [0, 0.1) is 13.8 Å². The quantitative estimate of drug-likeness (QED) is 0.172. The number of aryl methyl sites for hydroxylation is 2. The van der Waals surface area contributed by atoms with E-state index in [0.29, 0.717) is 0 Å². The summed E-state index contributed by atoms with van der Waals surface area (Å²) < 4.78 is 0. The molecule has 0 radical (unpaired) electrons. The van der Waals surface area contributed by atoms with Crippen LogP contribution in [0.4, 0.5) is 17.1 Å². The van der Waals surface area contributed by atoms with Gasteiger partial charge >= 0.3 is 0 Å². The third kappa shape index (κ3) is 4.63. The first-order valence-corrected chi connectivity index (χ1v) is 21.2. The van der Waals surface area contributed by atoms with Crippen molar-refractivity contribution >= 4 is 17.1 Å². The molecular formula is C59H43N. The molecule has 0 aromatic heterocycles. The molecule has 0 aliphatic heterocycles. The van der Waals surface area contributed by atoms with Crippen molar-refractivity contribution in [2.75, 3.05) is 4.90 Å². The Kier molecular flexibility index (Phi) is 7.47. The van der Waals surface area contributed by atoms with Gasteiger partial charge < -0.3 is 4.90 Å². The SMILES string of the molecule is Cc1ccc(N(c2ccc3c(c2)C(C)(c2ccccc2)c2ccccc2-3)c2ccc3c(c2)C2(c4ccccc4-c4ccccc4-c4ccccc42)c2ccccc2-3)c(C)c1. The van der Waals surface area contributed by atoms with E-state index in [-0.39, 0.29) is 5.41 Å². The third-order valence-corrected chi connectivity index (χ3v) is 14.0. The maximum absolute atomic E-state index is 2.52. The summed E-state index contributed by atoms with van der Waals surface area (Å²) in [7, 11) is 0. The largest absolute Gasteiger partial charge is 0.310 e. The molecule has 284 valence electrons. The molecule has 3 aliphatic rings. The Labute approximate surface area is 352 Å². The number of fused-ring (bicyclic) bond motifs is 15. The predicted molar refractivity (Wildman–Crippen MR) is 250 cm³/mol. The minimum absolute atomic E-state index is 0.316. The summed E-state index contributed by atoms with van der Waals surface area (Å²) in [5.41, 5.74) is 24.6. The highest BCUT2D eigenvalue weighted by molar-refractivity contribution is 5.98. The lowest BCUT2D eigenvalue weighted by molar-refractivity contribution is 0.714. The fourth-order valence-electron chi connectivity index (χ4n) is 11.4. The average Bonchev–Trinajstić information content (AvgIpc) is 3.70. The highest BCUT2D eigenvalue weighted by Gasteiger charge is 2.50. The molecule has 0 saturated carbocycles. The fraction of sp³-hybridized carbons (Fsp3) is 0.0847. The van der Waals surface area contributed by atoms with E-state index in [4.69, 9.17) is 0 Å². The summed E-state index contributed by atoms with van der Waals surface area (Å²) in [4.78, 5) is 2.52. The van der Waals surface area contributed by atoms with Crippen molar-refractivity contribution in [1.82, 2.24) is 0 Å². The van der Waals surface area contributed by atoms with Gasteiger partial charge in [-0.25, -0.2) is 0 Å². The summed E-state index contributed by atoms with van der Waals surface area (Å²) >= 11 is 0. The zero-order chi connectivity index (χ0) is 40.2. The Morgan fingerprint density at radius 1 is 0.333 bits per heavy atom. The van der Waals surface area contributed by atoms with Crippen molar-refractivity contribution in [1.29, 1.82) is 0 Å². The van der Waals surface area contributed by atoms with Crippen LogP contribution in [0.15, 0.2) is 206 Å².